The van der Waals surface area contributed by atoms with Gasteiger partial charge in [0.2, 0.25) is 11.8 Å². The van der Waals surface area contributed by atoms with Gasteiger partial charge in [0.25, 0.3) is 0 Å². The molecular weight excluding hydrogens is 306 g/mol. The quantitative estimate of drug-likeness (QED) is 0.899. The third kappa shape index (κ3) is 3.24. The minimum atomic E-state index is -0.0933. The molecule has 24 heavy (non-hydrogen) atoms. The molecule has 0 radical (unpaired) electrons. The maximum absolute atomic E-state index is 13.1. The van der Waals surface area contributed by atoms with Gasteiger partial charge >= 0.3 is 0 Å². The topological polar surface area (TPSA) is 61.9 Å². The molecule has 2 fully saturated rings. The Labute approximate surface area is 142 Å². The summed E-state index contributed by atoms with van der Waals surface area (Å²) in [6, 6.07) is 7.83. The summed E-state index contributed by atoms with van der Waals surface area (Å²) in [5.74, 6) is 0.910. The molecule has 2 aliphatic rings. The van der Waals surface area contributed by atoms with Gasteiger partial charge in [-0.05, 0) is 12.5 Å². The molecule has 2 amide bonds. The molecular formula is C18H25N3O3. The van der Waals surface area contributed by atoms with E-state index in [4.69, 9.17) is 4.74 Å². The van der Waals surface area contributed by atoms with E-state index in [2.05, 4.69) is 5.32 Å². The smallest absolute Gasteiger partial charge is 0.228 e. The first-order chi connectivity index (χ1) is 11.6. The first-order valence-corrected chi connectivity index (χ1v) is 8.51. The van der Waals surface area contributed by atoms with Gasteiger partial charge in [0.15, 0.2) is 0 Å². The van der Waals surface area contributed by atoms with Gasteiger partial charge in [-0.2, -0.15) is 0 Å². The predicted molar refractivity (Wildman–Crippen MR) is 90.7 cm³/mol. The number of nitrogens with zero attached hydrogens (tertiary/aromatic N) is 2. The molecule has 130 valence electrons. The van der Waals surface area contributed by atoms with Crippen LogP contribution in [0.15, 0.2) is 24.3 Å². The van der Waals surface area contributed by atoms with Crippen molar-refractivity contribution in [2.75, 3.05) is 39.8 Å². The van der Waals surface area contributed by atoms with Crippen molar-refractivity contribution < 1.29 is 14.3 Å². The largest absolute Gasteiger partial charge is 0.496 e. The third-order valence-corrected chi connectivity index (χ3v) is 5.01. The van der Waals surface area contributed by atoms with Crippen LogP contribution in [0.3, 0.4) is 0 Å². The van der Waals surface area contributed by atoms with Gasteiger partial charge in [0.1, 0.15) is 5.75 Å². The van der Waals surface area contributed by atoms with Crippen molar-refractivity contribution >= 4 is 11.8 Å². The van der Waals surface area contributed by atoms with Crippen LogP contribution in [0, 0.1) is 5.92 Å². The van der Waals surface area contributed by atoms with Crippen LogP contribution in [0.4, 0.5) is 0 Å². The van der Waals surface area contributed by atoms with Crippen LogP contribution in [0.2, 0.25) is 0 Å². The van der Waals surface area contributed by atoms with E-state index in [0.717, 1.165) is 30.8 Å². The molecule has 0 spiro atoms. The Balaban J connectivity index is 1.80. The van der Waals surface area contributed by atoms with Gasteiger partial charge in [0, 0.05) is 45.2 Å². The van der Waals surface area contributed by atoms with Crippen molar-refractivity contribution in [3.05, 3.63) is 29.8 Å². The molecule has 0 saturated carbocycles. The minimum absolute atomic E-state index is 0.0335. The highest BCUT2D eigenvalue weighted by atomic mass is 16.5. The first kappa shape index (κ1) is 16.8. The molecule has 1 N–H and O–H groups in total. The molecule has 0 aliphatic carbocycles. The summed E-state index contributed by atoms with van der Waals surface area (Å²) in [7, 11) is 1.66. The molecule has 0 aromatic heterocycles. The van der Waals surface area contributed by atoms with Crippen LogP contribution in [0.5, 0.6) is 5.75 Å². The summed E-state index contributed by atoms with van der Waals surface area (Å²) in [5, 5.41) is 3.37. The number of para-hydroxylation sites is 1. The monoisotopic (exact) mass is 331 g/mol. The van der Waals surface area contributed by atoms with E-state index in [1.165, 1.54) is 0 Å². The lowest BCUT2D eigenvalue weighted by Crippen LogP contribution is -2.51. The predicted octanol–water partition coefficient (Wildman–Crippen LogP) is 1.04. The fraction of sp³-hybridized carbons (Fsp3) is 0.556. The lowest BCUT2D eigenvalue weighted by molar-refractivity contribution is -0.138. The van der Waals surface area contributed by atoms with E-state index in [1.807, 2.05) is 29.2 Å². The van der Waals surface area contributed by atoms with Crippen molar-refractivity contribution in [1.29, 1.82) is 0 Å². The zero-order chi connectivity index (χ0) is 17.1. The molecule has 2 unspecified atom stereocenters. The number of methoxy groups -OCH3 is 1. The Morgan fingerprint density at radius 1 is 1.25 bits per heavy atom. The van der Waals surface area contributed by atoms with Gasteiger partial charge < -0.3 is 19.9 Å². The fourth-order valence-corrected chi connectivity index (χ4v) is 3.67. The Morgan fingerprint density at radius 3 is 2.75 bits per heavy atom. The van der Waals surface area contributed by atoms with E-state index < -0.39 is 0 Å². The highest BCUT2D eigenvalue weighted by Gasteiger charge is 2.37. The number of likely N-dealkylation sites (tertiary alicyclic amines) is 1. The number of carbonyl (C=O) groups is 2. The first-order valence-electron chi connectivity index (χ1n) is 8.51. The Bertz CT molecular complexity index is 619. The van der Waals surface area contributed by atoms with Gasteiger partial charge in [-0.15, -0.1) is 0 Å². The van der Waals surface area contributed by atoms with Crippen LogP contribution in [-0.4, -0.2) is 61.4 Å². The van der Waals surface area contributed by atoms with Crippen LogP contribution in [0.1, 0.15) is 24.9 Å². The highest BCUT2D eigenvalue weighted by Crippen LogP contribution is 2.32. The Hall–Kier alpha value is -2.08. The molecule has 6 heteroatoms. The second kappa shape index (κ2) is 7.21. The summed E-state index contributed by atoms with van der Waals surface area (Å²) in [6.45, 7) is 4.97. The number of carbonyl (C=O) groups excluding carboxylic acids is 2. The number of benzene rings is 1. The van der Waals surface area contributed by atoms with Crippen LogP contribution < -0.4 is 10.1 Å². The number of ether oxygens (including phenoxy) is 1. The van der Waals surface area contributed by atoms with Crippen molar-refractivity contribution in [2.45, 2.75) is 19.4 Å². The zero-order valence-corrected chi connectivity index (χ0v) is 14.3. The molecule has 0 bridgehead atoms. The average Bonchev–Trinajstić information content (AvgIpc) is 3.11. The minimum Gasteiger partial charge on any atom is -0.496 e. The molecule has 2 saturated heterocycles. The number of hydrogen-bond donors (Lipinski definition) is 1. The number of amides is 2. The van der Waals surface area contributed by atoms with Gasteiger partial charge in [-0.3, -0.25) is 9.59 Å². The van der Waals surface area contributed by atoms with Gasteiger partial charge in [-0.25, -0.2) is 0 Å². The maximum Gasteiger partial charge on any atom is 0.228 e. The standard InChI is InChI=1S/C18H25N3O3/c1-13(22)20-9-7-14(12-20)18(23)21-10-8-19-11-16(21)15-5-3-4-6-17(15)24-2/h3-6,14,16,19H,7-12H2,1-2H3. The van der Waals surface area contributed by atoms with Crippen molar-refractivity contribution in [3.8, 4) is 5.75 Å². The molecule has 1 aromatic rings. The molecule has 6 nitrogen and oxygen atoms in total. The molecule has 2 aliphatic heterocycles. The lowest BCUT2D eigenvalue weighted by Gasteiger charge is -2.38. The normalized spacial score (nSPS) is 24.1. The Kier molecular flexibility index (Phi) is 5.04. The number of nitrogens with one attached hydrogen (secondary N) is 1. The second-order valence-electron chi connectivity index (χ2n) is 6.44. The van der Waals surface area contributed by atoms with E-state index in [9.17, 15) is 9.59 Å². The van der Waals surface area contributed by atoms with Crippen molar-refractivity contribution in [2.24, 2.45) is 5.92 Å². The average molecular weight is 331 g/mol. The summed E-state index contributed by atoms with van der Waals surface area (Å²) in [6.07, 6.45) is 0.751. The molecule has 2 heterocycles. The van der Waals surface area contributed by atoms with E-state index in [1.54, 1.807) is 18.9 Å². The third-order valence-electron chi connectivity index (χ3n) is 5.01. The lowest BCUT2D eigenvalue weighted by atomic mass is 9.99. The van der Waals surface area contributed by atoms with E-state index in [0.29, 0.717) is 19.6 Å². The maximum atomic E-state index is 13.1. The number of rotatable bonds is 3. The van der Waals surface area contributed by atoms with Gasteiger partial charge in [0.05, 0.1) is 19.1 Å². The van der Waals surface area contributed by atoms with Crippen LogP contribution >= 0.6 is 0 Å². The fourth-order valence-electron chi connectivity index (χ4n) is 3.67. The van der Waals surface area contributed by atoms with E-state index in [-0.39, 0.29) is 23.8 Å². The van der Waals surface area contributed by atoms with Crippen LogP contribution in [0.25, 0.3) is 0 Å². The molecule has 2 atom stereocenters. The SMILES string of the molecule is COc1ccccc1C1CNCCN1C(=O)C1CCN(C(C)=O)C1. The summed E-state index contributed by atoms with van der Waals surface area (Å²) >= 11 is 0. The molecule has 3 rings (SSSR count). The summed E-state index contributed by atoms with van der Waals surface area (Å²) in [4.78, 5) is 28.3. The second-order valence-corrected chi connectivity index (χ2v) is 6.44. The van der Waals surface area contributed by atoms with Crippen molar-refractivity contribution in [1.82, 2.24) is 15.1 Å². The molecule has 1 aromatic carbocycles. The van der Waals surface area contributed by atoms with E-state index >= 15 is 0 Å². The number of piperazine rings is 1. The van der Waals surface area contributed by atoms with Crippen molar-refractivity contribution in [3.63, 3.8) is 0 Å². The van der Waals surface area contributed by atoms with Crippen LogP contribution in [-0.2, 0) is 9.59 Å². The highest BCUT2D eigenvalue weighted by molar-refractivity contribution is 5.82. The summed E-state index contributed by atoms with van der Waals surface area (Å²) < 4.78 is 5.48. The summed E-state index contributed by atoms with van der Waals surface area (Å²) in [5.41, 5.74) is 1.03. The number of hydrogen-bond acceptors (Lipinski definition) is 4. The van der Waals surface area contributed by atoms with Gasteiger partial charge in [-0.1, -0.05) is 18.2 Å². The zero-order valence-electron chi connectivity index (χ0n) is 14.3. The Morgan fingerprint density at radius 2 is 2.04 bits per heavy atom.